The summed E-state index contributed by atoms with van der Waals surface area (Å²) in [5.74, 6) is 1.35. The van der Waals surface area contributed by atoms with Crippen LogP contribution in [0.1, 0.15) is 40.2 Å². The van der Waals surface area contributed by atoms with Crippen molar-refractivity contribution in [2.45, 2.75) is 25.7 Å². The van der Waals surface area contributed by atoms with Gasteiger partial charge in [0.15, 0.2) is 5.82 Å². The number of hydrogen-bond acceptors (Lipinski definition) is 5. The van der Waals surface area contributed by atoms with E-state index in [1.165, 1.54) is 5.56 Å². The number of amides is 2. The molecule has 0 radical (unpaired) electrons. The highest BCUT2D eigenvalue weighted by Gasteiger charge is 2.33. The van der Waals surface area contributed by atoms with Crippen LogP contribution in [0.2, 0.25) is 0 Å². The molecule has 1 N–H and O–H groups in total. The second-order valence-corrected chi connectivity index (χ2v) is 9.23. The number of likely N-dealkylation sites (tertiary alicyclic amines) is 1. The fourth-order valence-electron chi connectivity index (χ4n) is 4.75. The summed E-state index contributed by atoms with van der Waals surface area (Å²) in [6, 6.07) is 19.7. The summed E-state index contributed by atoms with van der Waals surface area (Å²) in [5, 5.41) is 11.0. The summed E-state index contributed by atoms with van der Waals surface area (Å²) in [4.78, 5) is 29.4. The van der Waals surface area contributed by atoms with Crippen LogP contribution in [0.15, 0.2) is 66.9 Å². The molecule has 174 valence electrons. The highest BCUT2D eigenvalue weighted by Crippen LogP contribution is 2.30. The van der Waals surface area contributed by atoms with Crippen LogP contribution in [0, 0.1) is 12.8 Å². The van der Waals surface area contributed by atoms with Gasteiger partial charge in [0.25, 0.3) is 5.91 Å². The van der Waals surface area contributed by atoms with Crippen molar-refractivity contribution in [1.29, 1.82) is 0 Å². The molecule has 2 aliphatic heterocycles. The molecule has 5 rings (SSSR count). The normalized spacial score (nSPS) is 16.7. The van der Waals surface area contributed by atoms with Gasteiger partial charge in [-0.05, 0) is 67.6 Å². The molecule has 0 atom stereocenters. The first-order valence-corrected chi connectivity index (χ1v) is 11.9. The minimum Gasteiger partial charge on any atom is -0.353 e. The van der Waals surface area contributed by atoms with Crippen LogP contribution < -0.4 is 10.2 Å². The van der Waals surface area contributed by atoms with E-state index < -0.39 is 0 Å². The summed E-state index contributed by atoms with van der Waals surface area (Å²) in [6.07, 6.45) is 3.54. The molecule has 2 saturated heterocycles. The summed E-state index contributed by atoms with van der Waals surface area (Å²) in [6.45, 7) is 4.85. The number of piperidine rings is 1. The Morgan fingerprint density at radius 1 is 0.971 bits per heavy atom. The average molecular weight is 456 g/mol. The zero-order chi connectivity index (χ0) is 23.5. The first-order valence-electron chi connectivity index (χ1n) is 11.9. The minimum absolute atomic E-state index is 0.0378. The minimum atomic E-state index is -0.0445. The van der Waals surface area contributed by atoms with Crippen LogP contribution >= 0.6 is 0 Å². The molecule has 0 spiro atoms. The number of aryl methyl sites for hydroxylation is 1. The molecule has 34 heavy (non-hydrogen) atoms. The Bertz CT molecular complexity index is 1150. The number of carbonyl (C=O) groups is 2. The number of rotatable bonds is 5. The van der Waals surface area contributed by atoms with Crippen molar-refractivity contribution < 1.29 is 9.59 Å². The fraction of sp³-hybridized carbons (Fsp3) is 0.333. The van der Waals surface area contributed by atoms with Gasteiger partial charge in [0.2, 0.25) is 5.91 Å². The summed E-state index contributed by atoms with van der Waals surface area (Å²) in [7, 11) is 0. The number of nitrogens with one attached hydrogen (secondary N) is 1. The zero-order valence-electron chi connectivity index (χ0n) is 19.4. The number of carbonyl (C=O) groups excluding carboxylic acids is 2. The Morgan fingerprint density at radius 3 is 2.41 bits per heavy atom. The van der Waals surface area contributed by atoms with Crippen LogP contribution in [0.5, 0.6) is 0 Å². The van der Waals surface area contributed by atoms with Gasteiger partial charge in [-0.2, -0.15) is 5.10 Å². The van der Waals surface area contributed by atoms with Crippen molar-refractivity contribution in [1.82, 2.24) is 15.1 Å². The molecule has 0 unspecified atom stereocenters. The van der Waals surface area contributed by atoms with E-state index in [4.69, 9.17) is 0 Å². The topological polar surface area (TPSA) is 78.4 Å². The highest BCUT2D eigenvalue weighted by molar-refractivity contribution is 5.95. The van der Waals surface area contributed by atoms with E-state index in [-0.39, 0.29) is 17.7 Å². The lowest BCUT2D eigenvalue weighted by Gasteiger charge is -2.38. The summed E-state index contributed by atoms with van der Waals surface area (Å²) < 4.78 is 0. The van der Waals surface area contributed by atoms with Crippen LogP contribution in [-0.4, -0.2) is 53.1 Å². The predicted molar refractivity (Wildman–Crippen MR) is 132 cm³/mol. The zero-order valence-corrected chi connectivity index (χ0v) is 19.4. The number of aromatic nitrogens is 2. The Hall–Kier alpha value is -3.74. The molecular weight excluding hydrogens is 426 g/mol. The lowest BCUT2D eigenvalue weighted by Crippen LogP contribution is -2.52. The van der Waals surface area contributed by atoms with Crippen molar-refractivity contribution in [2.24, 2.45) is 5.92 Å². The van der Waals surface area contributed by atoms with Gasteiger partial charge >= 0.3 is 0 Å². The quantitative estimate of drug-likeness (QED) is 0.632. The number of nitrogens with zero attached hydrogens (tertiary/aromatic N) is 4. The first kappa shape index (κ1) is 22.1. The SMILES string of the molecule is Cc1cccc(C(=O)N2CCC(c3ccc(NC(=O)C4CN(c5cccnn5)C4)cc3)CC2)c1. The van der Waals surface area contributed by atoms with Crippen LogP contribution in [0.4, 0.5) is 11.5 Å². The van der Waals surface area contributed by atoms with E-state index in [2.05, 4.69) is 32.5 Å². The molecule has 0 aliphatic carbocycles. The van der Waals surface area contributed by atoms with E-state index in [1.54, 1.807) is 6.20 Å². The van der Waals surface area contributed by atoms with E-state index >= 15 is 0 Å². The van der Waals surface area contributed by atoms with Crippen LogP contribution in [-0.2, 0) is 4.79 Å². The molecule has 7 nitrogen and oxygen atoms in total. The van der Waals surface area contributed by atoms with E-state index in [9.17, 15) is 9.59 Å². The third kappa shape index (κ3) is 4.78. The molecular formula is C27H29N5O2. The molecule has 3 aromatic rings. The maximum Gasteiger partial charge on any atom is 0.253 e. The number of hydrogen-bond donors (Lipinski definition) is 1. The van der Waals surface area contributed by atoms with Gasteiger partial charge in [-0.1, -0.05) is 29.8 Å². The Balaban J connectivity index is 1.10. The van der Waals surface area contributed by atoms with Crippen molar-refractivity contribution in [3.63, 3.8) is 0 Å². The highest BCUT2D eigenvalue weighted by atomic mass is 16.2. The number of benzene rings is 2. The summed E-state index contributed by atoms with van der Waals surface area (Å²) in [5.41, 5.74) is 3.95. The largest absolute Gasteiger partial charge is 0.353 e. The first-order chi connectivity index (χ1) is 16.6. The molecule has 7 heteroatoms. The fourth-order valence-corrected chi connectivity index (χ4v) is 4.75. The lowest BCUT2D eigenvalue weighted by molar-refractivity contribution is -0.120. The Labute approximate surface area is 199 Å². The Morgan fingerprint density at radius 2 is 1.74 bits per heavy atom. The summed E-state index contributed by atoms with van der Waals surface area (Å²) >= 11 is 0. The molecule has 2 fully saturated rings. The van der Waals surface area contributed by atoms with Gasteiger partial charge in [-0.15, -0.1) is 5.10 Å². The Kier molecular flexibility index (Phi) is 6.25. The molecule has 3 heterocycles. The standard InChI is InChI=1S/C27H29N5O2/c1-19-4-2-5-22(16-19)27(34)31-14-11-21(12-15-31)20-7-9-24(10-8-20)29-26(33)23-17-32(18-23)25-6-3-13-28-30-25/h2-10,13,16,21,23H,11-12,14-15,17-18H2,1H3,(H,29,33). The van der Waals surface area contributed by atoms with Gasteiger partial charge in [-0.3, -0.25) is 9.59 Å². The average Bonchev–Trinajstić information content (AvgIpc) is 2.84. The second-order valence-electron chi connectivity index (χ2n) is 9.23. The molecule has 1 aromatic heterocycles. The van der Waals surface area contributed by atoms with Gasteiger partial charge in [0.1, 0.15) is 0 Å². The van der Waals surface area contributed by atoms with Crippen molar-refractivity contribution in [3.8, 4) is 0 Å². The van der Waals surface area contributed by atoms with Gasteiger partial charge in [-0.25, -0.2) is 0 Å². The third-order valence-electron chi connectivity index (χ3n) is 6.83. The van der Waals surface area contributed by atoms with Crippen molar-refractivity contribution in [2.75, 3.05) is 36.4 Å². The van der Waals surface area contributed by atoms with Gasteiger partial charge < -0.3 is 15.1 Å². The lowest BCUT2D eigenvalue weighted by atomic mass is 9.89. The maximum absolute atomic E-state index is 12.8. The molecule has 2 amide bonds. The van der Waals surface area contributed by atoms with Gasteiger partial charge in [0, 0.05) is 43.6 Å². The maximum atomic E-state index is 12.8. The monoisotopic (exact) mass is 455 g/mol. The third-order valence-corrected chi connectivity index (χ3v) is 6.83. The van der Waals surface area contributed by atoms with Gasteiger partial charge in [0.05, 0.1) is 5.92 Å². The van der Waals surface area contributed by atoms with E-state index in [0.717, 1.165) is 48.6 Å². The molecule has 2 aromatic carbocycles. The van der Waals surface area contributed by atoms with Crippen LogP contribution in [0.25, 0.3) is 0 Å². The van der Waals surface area contributed by atoms with Crippen molar-refractivity contribution >= 4 is 23.3 Å². The molecule has 0 saturated carbocycles. The molecule has 0 bridgehead atoms. The predicted octanol–water partition coefficient (Wildman–Crippen LogP) is 3.88. The van der Waals surface area contributed by atoms with E-state index in [1.807, 2.05) is 60.4 Å². The van der Waals surface area contributed by atoms with Crippen molar-refractivity contribution in [3.05, 3.63) is 83.6 Å². The molecule has 2 aliphatic rings. The van der Waals surface area contributed by atoms with E-state index in [0.29, 0.717) is 19.0 Å². The smallest absolute Gasteiger partial charge is 0.253 e. The number of anilines is 2. The second kappa shape index (κ2) is 9.63. The van der Waals surface area contributed by atoms with Crippen LogP contribution in [0.3, 0.4) is 0 Å².